The Labute approximate surface area is 167 Å². The Morgan fingerprint density at radius 3 is 2.69 bits per heavy atom. The van der Waals surface area contributed by atoms with Crippen molar-refractivity contribution >= 4 is 29.5 Å². The number of nitrogens with one attached hydrogen (secondary N) is 1. The van der Waals surface area contributed by atoms with Gasteiger partial charge in [-0.2, -0.15) is 0 Å². The average molecular weight is 397 g/mol. The number of carbonyl (C=O) groups excluding carboxylic acids is 5. The van der Waals surface area contributed by atoms with Crippen molar-refractivity contribution in [2.75, 3.05) is 20.2 Å². The molecule has 0 saturated carbocycles. The highest BCUT2D eigenvalue weighted by atomic mass is 16.5. The van der Waals surface area contributed by atoms with Crippen molar-refractivity contribution in [2.45, 2.75) is 25.3 Å². The first-order chi connectivity index (χ1) is 13.8. The number of ether oxygens (including phenoxy) is 1. The van der Waals surface area contributed by atoms with Crippen LogP contribution in [-0.2, 0) is 14.4 Å². The normalized spacial score (nSPS) is 18.2. The van der Waals surface area contributed by atoms with E-state index in [4.69, 9.17) is 11.2 Å². The van der Waals surface area contributed by atoms with Crippen LogP contribution >= 0.6 is 0 Å². The third kappa shape index (κ3) is 3.96. The Kier molecular flexibility index (Phi) is 5.64. The molecule has 150 valence electrons. The number of hydrogen-bond acceptors (Lipinski definition) is 6. The molecule has 29 heavy (non-hydrogen) atoms. The maximum Gasteiger partial charge on any atom is 0.262 e. The van der Waals surface area contributed by atoms with E-state index in [0.29, 0.717) is 13.0 Å². The predicted octanol–water partition coefficient (Wildman–Crippen LogP) is -0.0517. The highest BCUT2D eigenvalue weighted by Gasteiger charge is 2.44. The molecule has 0 bridgehead atoms. The van der Waals surface area contributed by atoms with E-state index in [1.54, 1.807) is 7.05 Å². The number of likely N-dealkylation sites (N-methyl/N-ethyl adjacent to an activating group) is 1. The van der Waals surface area contributed by atoms with E-state index in [1.165, 1.54) is 23.1 Å². The van der Waals surface area contributed by atoms with Gasteiger partial charge in [-0.1, -0.05) is 0 Å². The van der Waals surface area contributed by atoms with Crippen LogP contribution in [0.2, 0.25) is 0 Å². The van der Waals surface area contributed by atoms with Gasteiger partial charge in [0.05, 0.1) is 11.1 Å². The lowest BCUT2D eigenvalue weighted by Gasteiger charge is -2.27. The SMILES string of the molecule is C#CCCN(C)C(=O)COc1ccc2c(c1)C(=O)N(C1CCC(=O)NC1=O)C2=O. The lowest BCUT2D eigenvalue weighted by Crippen LogP contribution is -2.54. The summed E-state index contributed by atoms with van der Waals surface area (Å²) in [6, 6.07) is 3.24. The van der Waals surface area contributed by atoms with Crippen molar-refractivity contribution in [3.8, 4) is 18.1 Å². The van der Waals surface area contributed by atoms with E-state index in [9.17, 15) is 24.0 Å². The quantitative estimate of drug-likeness (QED) is 0.532. The van der Waals surface area contributed by atoms with Gasteiger partial charge in [-0.25, -0.2) is 0 Å². The summed E-state index contributed by atoms with van der Waals surface area (Å²) in [7, 11) is 1.60. The molecule has 1 aromatic rings. The van der Waals surface area contributed by atoms with Crippen molar-refractivity contribution in [1.82, 2.24) is 15.1 Å². The number of piperidine rings is 1. The van der Waals surface area contributed by atoms with E-state index in [2.05, 4.69) is 11.2 Å². The Balaban J connectivity index is 1.71. The summed E-state index contributed by atoms with van der Waals surface area (Å²) in [6.45, 7) is 0.148. The molecule has 1 fully saturated rings. The van der Waals surface area contributed by atoms with Crippen molar-refractivity contribution in [3.63, 3.8) is 0 Å². The zero-order valence-electron chi connectivity index (χ0n) is 15.8. The number of carbonyl (C=O) groups is 5. The van der Waals surface area contributed by atoms with E-state index in [0.717, 1.165) is 4.90 Å². The molecule has 1 unspecified atom stereocenters. The van der Waals surface area contributed by atoms with Crippen LogP contribution in [0, 0.1) is 12.3 Å². The fraction of sp³-hybridized carbons (Fsp3) is 0.350. The smallest absolute Gasteiger partial charge is 0.262 e. The molecule has 1 aromatic carbocycles. The molecule has 0 aromatic heterocycles. The second-order valence-electron chi connectivity index (χ2n) is 6.71. The number of fused-ring (bicyclic) bond motifs is 1. The van der Waals surface area contributed by atoms with Crippen molar-refractivity contribution < 1.29 is 28.7 Å². The molecule has 9 heteroatoms. The minimum absolute atomic E-state index is 0.0491. The van der Waals surface area contributed by atoms with Crippen LogP contribution in [0.25, 0.3) is 0 Å². The van der Waals surface area contributed by atoms with Gasteiger partial charge >= 0.3 is 0 Å². The number of terminal acetylenes is 1. The fourth-order valence-electron chi connectivity index (χ4n) is 3.15. The second kappa shape index (κ2) is 8.14. The van der Waals surface area contributed by atoms with E-state index < -0.39 is 29.7 Å². The summed E-state index contributed by atoms with van der Waals surface area (Å²) >= 11 is 0. The lowest BCUT2D eigenvalue weighted by molar-refractivity contribution is -0.136. The molecule has 1 N–H and O–H groups in total. The molecule has 9 nitrogen and oxygen atoms in total. The van der Waals surface area contributed by atoms with Crippen LogP contribution in [0.15, 0.2) is 18.2 Å². The average Bonchev–Trinajstić information content (AvgIpc) is 2.94. The molecule has 0 radical (unpaired) electrons. The van der Waals surface area contributed by atoms with Crippen molar-refractivity contribution in [3.05, 3.63) is 29.3 Å². The molecule has 2 aliphatic heterocycles. The Bertz CT molecular complexity index is 948. The van der Waals surface area contributed by atoms with Gasteiger partial charge in [-0.3, -0.25) is 34.2 Å². The minimum atomic E-state index is -1.03. The first-order valence-corrected chi connectivity index (χ1v) is 8.99. The van der Waals surface area contributed by atoms with E-state index in [1.807, 2.05) is 0 Å². The first kappa shape index (κ1) is 20.1. The fourth-order valence-corrected chi connectivity index (χ4v) is 3.15. The van der Waals surface area contributed by atoms with Gasteiger partial charge in [0.1, 0.15) is 11.8 Å². The van der Waals surface area contributed by atoms with Gasteiger partial charge in [-0.15, -0.1) is 12.3 Å². The zero-order valence-corrected chi connectivity index (χ0v) is 15.8. The highest BCUT2D eigenvalue weighted by Crippen LogP contribution is 2.30. The Hall–Kier alpha value is -3.67. The molecule has 0 spiro atoms. The van der Waals surface area contributed by atoms with Crippen LogP contribution in [0.1, 0.15) is 40.0 Å². The molecule has 2 aliphatic rings. The minimum Gasteiger partial charge on any atom is -0.484 e. The lowest BCUT2D eigenvalue weighted by atomic mass is 10.0. The predicted molar refractivity (Wildman–Crippen MR) is 99.7 cm³/mol. The highest BCUT2D eigenvalue weighted by molar-refractivity contribution is 6.23. The maximum atomic E-state index is 12.7. The number of hydrogen-bond donors (Lipinski definition) is 1. The van der Waals surface area contributed by atoms with E-state index >= 15 is 0 Å². The summed E-state index contributed by atoms with van der Waals surface area (Å²) in [5, 5.41) is 2.14. The molecular weight excluding hydrogens is 378 g/mol. The Morgan fingerprint density at radius 1 is 1.28 bits per heavy atom. The zero-order chi connectivity index (χ0) is 21.1. The van der Waals surface area contributed by atoms with Gasteiger partial charge < -0.3 is 9.64 Å². The van der Waals surface area contributed by atoms with Crippen LogP contribution in [0.3, 0.4) is 0 Å². The summed E-state index contributed by atoms with van der Waals surface area (Å²) in [4.78, 5) is 63.1. The van der Waals surface area contributed by atoms with Crippen LogP contribution in [-0.4, -0.2) is 65.6 Å². The third-order valence-corrected chi connectivity index (χ3v) is 4.79. The summed E-state index contributed by atoms with van der Waals surface area (Å²) in [6.07, 6.45) is 5.73. The van der Waals surface area contributed by atoms with Gasteiger partial charge in [0, 0.05) is 26.4 Å². The number of rotatable bonds is 6. The first-order valence-electron chi connectivity index (χ1n) is 8.99. The van der Waals surface area contributed by atoms with Gasteiger partial charge in [0.25, 0.3) is 17.7 Å². The molecular formula is C20H19N3O6. The molecule has 3 rings (SSSR count). The standard InChI is InChI=1S/C20H19N3O6/c1-3-4-9-22(2)17(25)11-29-12-5-6-13-14(10-12)20(28)23(19(13)27)15-7-8-16(24)21-18(15)26/h1,5-6,10,15H,4,7-9,11H2,2H3,(H,21,24,26). The monoisotopic (exact) mass is 397 g/mol. The number of amides is 5. The van der Waals surface area contributed by atoms with Gasteiger partial charge in [0.2, 0.25) is 11.8 Å². The third-order valence-electron chi connectivity index (χ3n) is 4.79. The van der Waals surface area contributed by atoms with Gasteiger partial charge in [0.15, 0.2) is 6.61 Å². The summed E-state index contributed by atoms with van der Waals surface area (Å²) in [5.74, 6) is 0.0600. The van der Waals surface area contributed by atoms with Crippen molar-refractivity contribution in [2.24, 2.45) is 0 Å². The topological polar surface area (TPSA) is 113 Å². The van der Waals surface area contributed by atoms with Crippen molar-refractivity contribution in [1.29, 1.82) is 0 Å². The largest absolute Gasteiger partial charge is 0.484 e. The number of benzene rings is 1. The number of nitrogens with zero attached hydrogens (tertiary/aromatic N) is 2. The van der Waals surface area contributed by atoms with Crippen LogP contribution < -0.4 is 10.1 Å². The van der Waals surface area contributed by atoms with E-state index in [-0.39, 0.29) is 42.2 Å². The maximum absolute atomic E-state index is 12.7. The van der Waals surface area contributed by atoms with Gasteiger partial charge in [-0.05, 0) is 24.6 Å². The molecule has 0 aliphatic carbocycles. The molecule has 2 heterocycles. The molecule has 5 amide bonds. The Morgan fingerprint density at radius 2 is 2.00 bits per heavy atom. The second-order valence-corrected chi connectivity index (χ2v) is 6.71. The summed E-state index contributed by atoms with van der Waals surface area (Å²) in [5.41, 5.74) is 0.231. The number of imide groups is 2. The van der Waals surface area contributed by atoms with Crippen LogP contribution in [0.5, 0.6) is 5.75 Å². The molecule has 1 saturated heterocycles. The summed E-state index contributed by atoms with van der Waals surface area (Å²) < 4.78 is 5.44. The van der Waals surface area contributed by atoms with Crippen LogP contribution in [0.4, 0.5) is 0 Å². The molecule has 1 atom stereocenters.